The van der Waals surface area contributed by atoms with Gasteiger partial charge in [-0.3, -0.25) is 9.10 Å². The Morgan fingerprint density at radius 2 is 1.47 bits per heavy atom. The van der Waals surface area contributed by atoms with Gasteiger partial charge in [0.05, 0.1) is 10.6 Å². The molecule has 3 aromatic carbocycles. The van der Waals surface area contributed by atoms with E-state index in [4.69, 9.17) is 0 Å². The van der Waals surface area contributed by atoms with Gasteiger partial charge in [0.1, 0.15) is 6.54 Å². The lowest BCUT2D eigenvalue weighted by molar-refractivity contribution is -0.129. The molecule has 3 aromatic rings. The Hall–Kier alpha value is -3.12. The fraction of sp³-hybridized carbons (Fsp3) is 0.269. The third kappa shape index (κ3) is 5.19. The summed E-state index contributed by atoms with van der Waals surface area (Å²) < 4.78 is 28.8. The number of para-hydroxylation sites is 1. The van der Waals surface area contributed by atoms with Crippen molar-refractivity contribution in [3.8, 4) is 0 Å². The number of carbonyl (C=O) groups excluding carboxylic acids is 1. The van der Waals surface area contributed by atoms with Gasteiger partial charge in [-0.15, -0.1) is 0 Å². The summed E-state index contributed by atoms with van der Waals surface area (Å²) in [6.07, 6.45) is 0.658. The maximum atomic E-state index is 13.8. The molecule has 0 aromatic heterocycles. The van der Waals surface area contributed by atoms with Crippen molar-refractivity contribution in [3.05, 3.63) is 95.6 Å². The van der Waals surface area contributed by atoms with Crippen molar-refractivity contribution < 1.29 is 13.2 Å². The molecule has 5 nitrogen and oxygen atoms in total. The largest absolute Gasteiger partial charge is 0.337 e. The van der Waals surface area contributed by atoms with Crippen LogP contribution in [0, 0.1) is 6.92 Å². The van der Waals surface area contributed by atoms with Crippen molar-refractivity contribution in [2.24, 2.45) is 0 Å². The minimum atomic E-state index is -3.94. The van der Waals surface area contributed by atoms with Crippen LogP contribution in [0.5, 0.6) is 0 Å². The van der Waals surface area contributed by atoms with E-state index in [-0.39, 0.29) is 17.3 Å². The van der Waals surface area contributed by atoms with E-state index in [1.54, 1.807) is 42.2 Å². The number of rotatable bonds is 9. The van der Waals surface area contributed by atoms with Crippen molar-refractivity contribution in [3.63, 3.8) is 0 Å². The number of sulfonamides is 1. The summed E-state index contributed by atoms with van der Waals surface area (Å²) in [5, 5.41) is 0. The maximum Gasteiger partial charge on any atom is 0.265 e. The zero-order chi connectivity index (χ0) is 23.1. The van der Waals surface area contributed by atoms with Crippen molar-refractivity contribution in [1.82, 2.24) is 4.90 Å². The Balaban J connectivity index is 2.01. The van der Waals surface area contributed by atoms with Gasteiger partial charge in [-0.25, -0.2) is 8.42 Å². The highest BCUT2D eigenvalue weighted by molar-refractivity contribution is 7.93. The number of carbonyl (C=O) groups is 1. The Bertz CT molecular complexity index is 1160. The number of likely N-dealkylation sites (N-methyl/N-ethyl adjacent to an activating group) is 1. The predicted molar refractivity (Wildman–Crippen MR) is 129 cm³/mol. The summed E-state index contributed by atoms with van der Waals surface area (Å²) in [6.45, 7) is 6.32. The monoisotopic (exact) mass is 450 g/mol. The third-order valence-electron chi connectivity index (χ3n) is 5.53. The first-order valence-corrected chi connectivity index (χ1v) is 12.3. The van der Waals surface area contributed by atoms with E-state index in [2.05, 4.69) is 0 Å². The van der Waals surface area contributed by atoms with E-state index in [0.717, 1.165) is 11.1 Å². The molecule has 0 aliphatic rings. The van der Waals surface area contributed by atoms with Gasteiger partial charge in [0.15, 0.2) is 0 Å². The van der Waals surface area contributed by atoms with Gasteiger partial charge >= 0.3 is 0 Å². The highest BCUT2D eigenvalue weighted by Gasteiger charge is 2.30. The molecule has 32 heavy (non-hydrogen) atoms. The summed E-state index contributed by atoms with van der Waals surface area (Å²) in [5.41, 5.74) is 3.08. The van der Waals surface area contributed by atoms with E-state index in [9.17, 15) is 13.2 Å². The first-order chi connectivity index (χ1) is 15.4. The Morgan fingerprint density at radius 3 is 2.12 bits per heavy atom. The first kappa shape index (κ1) is 23.5. The maximum absolute atomic E-state index is 13.8. The normalized spacial score (nSPS) is 11.2. The summed E-state index contributed by atoms with van der Waals surface area (Å²) in [6, 6.07) is 24.0. The molecule has 3 rings (SSSR count). The van der Waals surface area contributed by atoms with Crippen molar-refractivity contribution >= 4 is 21.6 Å². The highest BCUT2D eigenvalue weighted by atomic mass is 32.2. The number of amides is 1. The van der Waals surface area contributed by atoms with Gasteiger partial charge in [-0.05, 0) is 49.1 Å². The van der Waals surface area contributed by atoms with Crippen LogP contribution >= 0.6 is 0 Å². The molecule has 0 spiro atoms. The smallest absolute Gasteiger partial charge is 0.265 e. The summed E-state index contributed by atoms with van der Waals surface area (Å²) in [4.78, 5) is 15.2. The lowest BCUT2D eigenvalue weighted by atomic mass is 10.1. The molecule has 6 heteroatoms. The number of nitrogens with zero attached hydrogens (tertiary/aromatic N) is 2. The molecule has 0 fully saturated rings. The van der Waals surface area contributed by atoms with E-state index in [1.807, 2.05) is 62.4 Å². The number of aryl methyl sites for hydroxylation is 2. The van der Waals surface area contributed by atoms with Crippen LogP contribution < -0.4 is 4.31 Å². The third-order valence-corrected chi connectivity index (χ3v) is 7.45. The Labute approximate surface area is 191 Å². The standard InChI is InChI=1S/C26H30N2O3S/c1-4-23-16-10-11-17-24(23)28(32(30,31)25-18-12-9-13-21(25)3)20-26(29)27(5-2)19-22-14-7-6-8-15-22/h6-18H,4-5,19-20H2,1-3H3. The lowest BCUT2D eigenvalue weighted by Crippen LogP contribution is -2.43. The molecule has 0 saturated heterocycles. The van der Waals surface area contributed by atoms with Crippen molar-refractivity contribution in [1.29, 1.82) is 0 Å². The zero-order valence-corrected chi connectivity index (χ0v) is 19.7. The van der Waals surface area contributed by atoms with Gasteiger partial charge in [0, 0.05) is 13.1 Å². The quantitative estimate of drug-likeness (QED) is 0.470. The number of anilines is 1. The molecule has 0 aliphatic heterocycles. The van der Waals surface area contributed by atoms with Crippen molar-refractivity contribution in [2.75, 3.05) is 17.4 Å². The first-order valence-electron chi connectivity index (χ1n) is 10.9. The molecular formula is C26H30N2O3S. The van der Waals surface area contributed by atoms with E-state index in [0.29, 0.717) is 30.8 Å². The average Bonchev–Trinajstić information content (AvgIpc) is 2.81. The highest BCUT2D eigenvalue weighted by Crippen LogP contribution is 2.29. The fourth-order valence-corrected chi connectivity index (χ4v) is 5.40. The summed E-state index contributed by atoms with van der Waals surface area (Å²) in [7, 11) is -3.94. The second-order valence-electron chi connectivity index (χ2n) is 7.65. The van der Waals surface area contributed by atoms with Gasteiger partial charge < -0.3 is 4.90 Å². The minimum absolute atomic E-state index is 0.213. The van der Waals surface area contributed by atoms with Crippen LogP contribution in [0.3, 0.4) is 0 Å². The number of hydrogen-bond acceptors (Lipinski definition) is 3. The van der Waals surface area contributed by atoms with Crippen LogP contribution in [-0.2, 0) is 27.8 Å². The van der Waals surface area contributed by atoms with Crippen LogP contribution in [0.1, 0.15) is 30.5 Å². The second-order valence-corrected chi connectivity index (χ2v) is 9.48. The van der Waals surface area contributed by atoms with Gasteiger partial charge in [0.25, 0.3) is 10.0 Å². The lowest BCUT2D eigenvalue weighted by Gasteiger charge is -2.29. The van der Waals surface area contributed by atoms with Crippen LogP contribution in [0.15, 0.2) is 83.8 Å². The van der Waals surface area contributed by atoms with Gasteiger partial charge in [-0.1, -0.05) is 73.7 Å². The number of benzene rings is 3. The van der Waals surface area contributed by atoms with E-state index in [1.165, 1.54) is 4.31 Å². The SMILES string of the molecule is CCc1ccccc1N(CC(=O)N(CC)Cc1ccccc1)S(=O)(=O)c1ccccc1C. The molecule has 0 radical (unpaired) electrons. The summed E-state index contributed by atoms with van der Waals surface area (Å²) in [5.74, 6) is -0.237. The number of hydrogen-bond donors (Lipinski definition) is 0. The van der Waals surface area contributed by atoms with E-state index < -0.39 is 10.0 Å². The van der Waals surface area contributed by atoms with Crippen molar-refractivity contribution in [2.45, 2.75) is 38.6 Å². The molecule has 0 unspecified atom stereocenters. The minimum Gasteiger partial charge on any atom is -0.337 e. The molecule has 0 N–H and O–H groups in total. The Kier molecular flexibility index (Phi) is 7.70. The molecule has 168 valence electrons. The predicted octanol–water partition coefficient (Wildman–Crippen LogP) is 4.80. The van der Waals surface area contributed by atoms with Crippen LogP contribution in [0.25, 0.3) is 0 Å². The molecular weight excluding hydrogens is 420 g/mol. The van der Waals surface area contributed by atoms with E-state index >= 15 is 0 Å². The van der Waals surface area contributed by atoms with Crippen LogP contribution in [0.2, 0.25) is 0 Å². The van der Waals surface area contributed by atoms with Gasteiger partial charge in [-0.2, -0.15) is 0 Å². The molecule has 0 bridgehead atoms. The molecule has 0 heterocycles. The van der Waals surface area contributed by atoms with Crippen LogP contribution in [0.4, 0.5) is 5.69 Å². The molecule has 0 atom stereocenters. The molecule has 0 saturated carbocycles. The topological polar surface area (TPSA) is 57.7 Å². The summed E-state index contributed by atoms with van der Waals surface area (Å²) >= 11 is 0. The molecule has 1 amide bonds. The average molecular weight is 451 g/mol. The second kappa shape index (κ2) is 10.5. The zero-order valence-electron chi connectivity index (χ0n) is 18.9. The van der Waals surface area contributed by atoms with Crippen LogP contribution in [-0.4, -0.2) is 32.3 Å². The van der Waals surface area contributed by atoms with Gasteiger partial charge in [0.2, 0.25) is 5.91 Å². The fourth-order valence-electron chi connectivity index (χ4n) is 3.72. The Morgan fingerprint density at radius 1 is 0.844 bits per heavy atom. The molecule has 0 aliphatic carbocycles.